The lowest BCUT2D eigenvalue weighted by molar-refractivity contribution is -0.150. The van der Waals surface area contributed by atoms with Crippen molar-refractivity contribution >= 4 is 11.9 Å². The third-order valence-corrected chi connectivity index (χ3v) is 3.76. The van der Waals surface area contributed by atoms with Gasteiger partial charge in [-0.3, -0.25) is 9.59 Å². The molecule has 0 radical (unpaired) electrons. The van der Waals surface area contributed by atoms with E-state index in [4.69, 9.17) is 10.5 Å². The summed E-state index contributed by atoms with van der Waals surface area (Å²) in [4.78, 5) is 25.6. The number of hydrogen-bond acceptors (Lipinski definition) is 4. The molecule has 5 nitrogen and oxygen atoms in total. The summed E-state index contributed by atoms with van der Waals surface area (Å²) in [6, 6.07) is 0.190. The number of carbonyl (C=O) groups excluding carboxylic acids is 2. The van der Waals surface area contributed by atoms with E-state index in [1.54, 1.807) is 11.8 Å². The van der Waals surface area contributed by atoms with Gasteiger partial charge in [0.1, 0.15) is 6.54 Å². The summed E-state index contributed by atoms with van der Waals surface area (Å²) in [5.74, 6) is -0.361. The molecule has 2 aliphatic rings. The maximum atomic E-state index is 12.4. The van der Waals surface area contributed by atoms with E-state index in [-0.39, 0.29) is 36.4 Å². The number of nitrogens with two attached hydrogens (primary N) is 1. The van der Waals surface area contributed by atoms with E-state index in [2.05, 4.69) is 0 Å². The van der Waals surface area contributed by atoms with Crippen molar-refractivity contribution < 1.29 is 14.3 Å². The molecule has 0 aromatic heterocycles. The molecule has 2 atom stereocenters. The SMILES string of the molecule is CCOC(=O)CN(C(=O)C1CCCC1N)C1CC1. The van der Waals surface area contributed by atoms with Gasteiger partial charge in [0, 0.05) is 12.1 Å². The van der Waals surface area contributed by atoms with Gasteiger partial charge in [0.2, 0.25) is 5.91 Å². The second-order valence-corrected chi connectivity index (χ2v) is 5.20. The van der Waals surface area contributed by atoms with Gasteiger partial charge in [0.05, 0.1) is 12.5 Å². The second-order valence-electron chi connectivity index (χ2n) is 5.20. The summed E-state index contributed by atoms with van der Waals surface area (Å²) in [5, 5.41) is 0. The summed E-state index contributed by atoms with van der Waals surface area (Å²) in [5.41, 5.74) is 5.96. The van der Waals surface area contributed by atoms with Crippen molar-refractivity contribution in [2.75, 3.05) is 13.2 Å². The Morgan fingerprint density at radius 3 is 2.50 bits per heavy atom. The van der Waals surface area contributed by atoms with Gasteiger partial charge < -0.3 is 15.4 Å². The molecule has 0 saturated heterocycles. The third kappa shape index (κ3) is 3.02. The lowest BCUT2D eigenvalue weighted by Crippen LogP contribution is -2.45. The first-order chi connectivity index (χ1) is 8.63. The maximum Gasteiger partial charge on any atom is 0.325 e. The fraction of sp³-hybridized carbons (Fsp3) is 0.846. The first kappa shape index (κ1) is 13.3. The van der Waals surface area contributed by atoms with Crippen LogP contribution in [0.5, 0.6) is 0 Å². The number of esters is 1. The molecule has 0 spiro atoms. The first-order valence-electron chi connectivity index (χ1n) is 6.85. The van der Waals surface area contributed by atoms with Gasteiger partial charge in [-0.25, -0.2) is 0 Å². The van der Waals surface area contributed by atoms with Crippen LogP contribution in [0.1, 0.15) is 39.0 Å². The van der Waals surface area contributed by atoms with E-state index in [9.17, 15) is 9.59 Å². The van der Waals surface area contributed by atoms with E-state index in [0.717, 1.165) is 32.1 Å². The molecule has 5 heteroatoms. The average molecular weight is 254 g/mol. The van der Waals surface area contributed by atoms with Gasteiger partial charge in [-0.15, -0.1) is 0 Å². The van der Waals surface area contributed by atoms with E-state index in [1.165, 1.54) is 0 Å². The monoisotopic (exact) mass is 254 g/mol. The van der Waals surface area contributed by atoms with Crippen molar-refractivity contribution in [1.29, 1.82) is 0 Å². The number of ether oxygens (including phenoxy) is 1. The predicted molar refractivity (Wildman–Crippen MR) is 66.7 cm³/mol. The minimum atomic E-state index is -0.315. The van der Waals surface area contributed by atoms with E-state index in [1.807, 2.05) is 0 Å². The molecule has 0 aromatic rings. The topological polar surface area (TPSA) is 72.6 Å². The van der Waals surface area contributed by atoms with E-state index >= 15 is 0 Å². The number of amides is 1. The van der Waals surface area contributed by atoms with Crippen LogP contribution in [0.15, 0.2) is 0 Å². The van der Waals surface area contributed by atoms with Crippen LogP contribution in [0.25, 0.3) is 0 Å². The van der Waals surface area contributed by atoms with Crippen LogP contribution in [0.3, 0.4) is 0 Å². The normalized spacial score (nSPS) is 27.0. The first-order valence-corrected chi connectivity index (χ1v) is 6.85. The van der Waals surface area contributed by atoms with E-state index < -0.39 is 0 Å². The van der Waals surface area contributed by atoms with Gasteiger partial charge in [0.15, 0.2) is 0 Å². The summed E-state index contributed by atoms with van der Waals surface area (Å²) >= 11 is 0. The number of rotatable bonds is 5. The standard InChI is InChI=1S/C13H22N2O3/c1-2-18-12(16)8-15(9-6-7-9)13(17)10-4-3-5-11(10)14/h9-11H,2-8,14H2,1H3. The molecule has 2 unspecified atom stereocenters. The van der Waals surface area contributed by atoms with Crippen LogP contribution in [0, 0.1) is 5.92 Å². The Bertz CT molecular complexity index is 328. The molecular formula is C13H22N2O3. The molecule has 2 saturated carbocycles. The molecule has 0 heterocycles. The van der Waals surface area contributed by atoms with Crippen molar-refractivity contribution in [3.05, 3.63) is 0 Å². The van der Waals surface area contributed by atoms with Crippen LogP contribution in [-0.2, 0) is 14.3 Å². The number of hydrogen-bond donors (Lipinski definition) is 1. The highest BCUT2D eigenvalue weighted by molar-refractivity contribution is 5.85. The molecule has 1 amide bonds. The average Bonchev–Trinajstić information content (AvgIpc) is 3.08. The van der Waals surface area contributed by atoms with Gasteiger partial charge in [0.25, 0.3) is 0 Å². The molecule has 18 heavy (non-hydrogen) atoms. The van der Waals surface area contributed by atoms with E-state index in [0.29, 0.717) is 6.61 Å². The Labute approximate surface area is 108 Å². The van der Waals surface area contributed by atoms with Crippen LogP contribution in [-0.4, -0.2) is 42.0 Å². The predicted octanol–water partition coefficient (Wildman–Crippen LogP) is 0.668. The van der Waals surface area contributed by atoms with Gasteiger partial charge in [-0.2, -0.15) is 0 Å². The molecule has 102 valence electrons. The largest absolute Gasteiger partial charge is 0.465 e. The Morgan fingerprint density at radius 2 is 2.00 bits per heavy atom. The fourth-order valence-electron chi connectivity index (χ4n) is 2.63. The quantitative estimate of drug-likeness (QED) is 0.732. The maximum absolute atomic E-state index is 12.4. The Kier molecular flexibility index (Phi) is 4.22. The van der Waals surface area contributed by atoms with Crippen LogP contribution >= 0.6 is 0 Å². The van der Waals surface area contributed by atoms with Gasteiger partial charge in [-0.05, 0) is 32.6 Å². The smallest absolute Gasteiger partial charge is 0.325 e. The Hall–Kier alpha value is -1.10. The Balaban J connectivity index is 1.96. The zero-order chi connectivity index (χ0) is 13.1. The highest BCUT2D eigenvalue weighted by atomic mass is 16.5. The van der Waals surface area contributed by atoms with Gasteiger partial charge in [-0.1, -0.05) is 6.42 Å². The van der Waals surface area contributed by atoms with Crippen LogP contribution < -0.4 is 5.73 Å². The zero-order valence-corrected chi connectivity index (χ0v) is 10.9. The fourth-order valence-corrected chi connectivity index (χ4v) is 2.63. The summed E-state index contributed by atoms with van der Waals surface area (Å²) in [6.45, 7) is 2.21. The molecule has 2 aliphatic carbocycles. The highest BCUT2D eigenvalue weighted by Gasteiger charge is 2.40. The number of carbonyl (C=O) groups is 2. The molecule has 2 rings (SSSR count). The molecule has 2 N–H and O–H groups in total. The van der Waals surface area contributed by atoms with Gasteiger partial charge >= 0.3 is 5.97 Å². The Morgan fingerprint density at radius 1 is 1.28 bits per heavy atom. The zero-order valence-electron chi connectivity index (χ0n) is 10.9. The number of nitrogens with zero attached hydrogens (tertiary/aromatic N) is 1. The minimum Gasteiger partial charge on any atom is -0.465 e. The van der Waals surface area contributed by atoms with Crippen molar-refractivity contribution in [2.24, 2.45) is 11.7 Å². The summed E-state index contributed by atoms with van der Waals surface area (Å²) in [7, 11) is 0. The lowest BCUT2D eigenvalue weighted by atomic mass is 10.0. The molecule has 2 fully saturated rings. The molecule has 0 aromatic carbocycles. The minimum absolute atomic E-state index is 0.0408. The van der Waals surface area contributed by atoms with Crippen molar-refractivity contribution in [3.8, 4) is 0 Å². The lowest BCUT2D eigenvalue weighted by Gasteiger charge is -2.26. The molecule has 0 bridgehead atoms. The van der Waals surface area contributed by atoms with Crippen LogP contribution in [0.2, 0.25) is 0 Å². The van der Waals surface area contributed by atoms with Crippen molar-refractivity contribution in [3.63, 3.8) is 0 Å². The highest BCUT2D eigenvalue weighted by Crippen LogP contribution is 2.32. The van der Waals surface area contributed by atoms with Crippen molar-refractivity contribution in [2.45, 2.75) is 51.1 Å². The molecule has 0 aliphatic heterocycles. The third-order valence-electron chi connectivity index (χ3n) is 3.76. The summed E-state index contributed by atoms with van der Waals surface area (Å²) in [6.07, 6.45) is 4.76. The summed E-state index contributed by atoms with van der Waals surface area (Å²) < 4.78 is 4.93. The molecular weight excluding hydrogens is 232 g/mol. The second kappa shape index (κ2) is 5.69. The van der Waals surface area contributed by atoms with Crippen molar-refractivity contribution in [1.82, 2.24) is 4.90 Å². The van der Waals surface area contributed by atoms with Crippen LogP contribution in [0.4, 0.5) is 0 Å².